The minimum absolute atomic E-state index is 0.0742. The van der Waals surface area contributed by atoms with E-state index in [1.165, 1.54) is 0 Å². The molecule has 0 bridgehead atoms. The van der Waals surface area contributed by atoms with Gasteiger partial charge in [-0.15, -0.1) is 6.58 Å². The summed E-state index contributed by atoms with van der Waals surface area (Å²) in [6.45, 7) is 5.89. The Labute approximate surface area is 83.1 Å². The Bertz CT molecular complexity index is 249. The fraction of sp³-hybridized carbons (Fsp3) is 0.800. The molecule has 0 aromatic heterocycles. The number of rotatable bonds is 2. The van der Waals surface area contributed by atoms with Crippen molar-refractivity contribution >= 4 is 0 Å². The first-order valence-electron chi connectivity index (χ1n) is 4.78. The Hall–Kier alpha value is -0.420. The third kappa shape index (κ3) is 1.39. The summed E-state index contributed by atoms with van der Waals surface area (Å²) in [6.07, 6.45) is 0.964. The van der Waals surface area contributed by atoms with Crippen molar-refractivity contribution in [3.05, 3.63) is 12.7 Å². The zero-order chi connectivity index (χ0) is 10.4. The molecule has 1 spiro atoms. The van der Waals surface area contributed by atoms with E-state index >= 15 is 0 Å². The van der Waals surface area contributed by atoms with E-state index in [-0.39, 0.29) is 6.61 Å². The first kappa shape index (κ1) is 10.1. The van der Waals surface area contributed by atoms with Crippen molar-refractivity contribution in [2.24, 2.45) is 0 Å². The van der Waals surface area contributed by atoms with Crippen LogP contribution in [0.25, 0.3) is 0 Å². The van der Waals surface area contributed by atoms with Gasteiger partial charge in [-0.2, -0.15) is 0 Å². The van der Waals surface area contributed by atoms with Crippen LogP contribution >= 0.6 is 0 Å². The standard InChI is InChI=1S/C10H16O4/c1-3-7-8(12)10(6-13-10)4-9(2,5-11)14-7/h3,7-8,11-12H,1,4-6H2,2H3. The van der Waals surface area contributed by atoms with Gasteiger partial charge in [0, 0.05) is 6.42 Å². The molecule has 80 valence electrons. The maximum Gasteiger partial charge on any atom is 0.123 e. The van der Waals surface area contributed by atoms with E-state index in [4.69, 9.17) is 9.47 Å². The summed E-state index contributed by atoms with van der Waals surface area (Å²) in [5, 5.41) is 19.1. The van der Waals surface area contributed by atoms with E-state index in [0.717, 1.165) is 0 Å². The van der Waals surface area contributed by atoms with Crippen LogP contribution in [0.3, 0.4) is 0 Å². The van der Waals surface area contributed by atoms with E-state index in [0.29, 0.717) is 13.0 Å². The lowest BCUT2D eigenvalue weighted by Crippen LogP contribution is -2.56. The average molecular weight is 200 g/mol. The third-order valence-electron chi connectivity index (χ3n) is 3.03. The number of epoxide rings is 1. The van der Waals surface area contributed by atoms with Gasteiger partial charge < -0.3 is 19.7 Å². The lowest BCUT2D eigenvalue weighted by molar-refractivity contribution is -0.192. The third-order valence-corrected chi connectivity index (χ3v) is 3.03. The molecule has 0 radical (unpaired) electrons. The lowest BCUT2D eigenvalue weighted by Gasteiger charge is -2.42. The van der Waals surface area contributed by atoms with Crippen molar-refractivity contribution in [2.45, 2.75) is 36.8 Å². The van der Waals surface area contributed by atoms with E-state index in [1.807, 2.05) is 6.92 Å². The molecule has 0 aliphatic carbocycles. The van der Waals surface area contributed by atoms with Crippen LogP contribution in [0.1, 0.15) is 13.3 Å². The Morgan fingerprint density at radius 1 is 1.64 bits per heavy atom. The molecule has 14 heavy (non-hydrogen) atoms. The van der Waals surface area contributed by atoms with Crippen LogP contribution in [0.2, 0.25) is 0 Å². The van der Waals surface area contributed by atoms with Crippen molar-refractivity contribution in [1.82, 2.24) is 0 Å². The Kier molecular flexibility index (Phi) is 2.19. The molecule has 0 aromatic carbocycles. The molecule has 2 N–H and O–H groups in total. The number of hydrogen-bond donors (Lipinski definition) is 2. The van der Waals surface area contributed by atoms with Crippen molar-refractivity contribution in [2.75, 3.05) is 13.2 Å². The van der Waals surface area contributed by atoms with E-state index < -0.39 is 23.4 Å². The molecule has 2 saturated heterocycles. The zero-order valence-electron chi connectivity index (χ0n) is 8.27. The Balaban J connectivity index is 2.20. The van der Waals surface area contributed by atoms with Gasteiger partial charge >= 0.3 is 0 Å². The first-order chi connectivity index (χ1) is 6.55. The SMILES string of the molecule is C=CC1OC(C)(CO)CC2(CO2)C1O. The van der Waals surface area contributed by atoms with Crippen LogP contribution in [0.15, 0.2) is 12.7 Å². The molecule has 0 amide bonds. The number of aliphatic hydroxyl groups is 2. The Morgan fingerprint density at radius 3 is 2.71 bits per heavy atom. The van der Waals surface area contributed by atoms with Crippen LogP contribution < -0.4 is 0 Å². The zero-order valence-corrected chi connectivity index (χ0v) is 8.27. The topological polar surface area (TPSA) is 62.2 Å². The smallest absolute Gasteiger partial charge is 0.123 e. The predicted octanol–water partition coefficient (Wildman–Crippen LogP) is -0.158. The maximum atomic E-state index is 9.88. The number of hydrogen-bond acceptors (Lipinski definition) is 4. The van der Waals surface area contributed by atoms with Crippen LogP contribution in [0, 0.1) is 0 Å². The van der Waals surface area contributed by atoms with Gasteiger partial charge in [0.2, 0.25) is 0 Å². The summed E-state index contributed by atoms with van der Waals surface area (Å²) < 4.78 is 10.9. The first-order valence-corrected chi connectivity index (χ1v) is 4.78. The van der Waals surface area contributed by atoms with Crippen molar-refractivity contribution < 1.29 is 19.7 Å². The molecular formula is C10H16O4. The summed E-state index contributed by atoms with van der Waals surface area (Å²) >= 11 is 0. The highest BCUT2D eigenvalue weighted by molar-refractivity contribution is 5.12. The van der Waals surface area contributed by atoms with E-state index in [2.05, 4.69) is 6.58 Å². The average Bonchev–Trinajstić information content (AvgIpc) is 2.93. The molecule has 2 fully saturated rings. The highest BCUT2D eigenvalue weighted by Crippen LogP contribution is 2.46. The Morgan fingerprint density at radius 2 is 2.29 bits per heavy atom. The highest BCUT2D eigenvalue weighted by atomic mass is 16.6. The summed E-state index contributed by atoms with van der Waals surface area (Å²) in [4.78, 5) is 0. The molecule has 4 unspecified atom stereocenters. The summed E-state index contributed by atoms with van der Waals surface area (Å²) in [5.41, 5.74) is -1.14. The largest absolute Gasteiger partial charge is 0.393 e. The van der Waals surface area contributed by atoms with Crippen molar-refractivity contribution in [1.29, 1.82) is 0 Å². The second-order valence-electron chi connectivity index (χ2n) is 4.40. The van der Waals surface area contributed by atoms with Gasteiger partial charge in [-0.25, -0.2) is 0 Å². The van der Waals surface area contributed by atoms with Crippen LogP contribution in [0.5, 0.6) is 0 Å². The molecular weight excluding hydrogens is 184 g/mol. The molecule has 4 heteroatoms. The quantitative estimate of drug-likeness (QED) is 0.480. The highest BCUT2D eigenvalue weighted by Gasteiger charge is 2.61. The van der Waals surface area contributed by atoms with E-state index in [9.17, 15) is 10.2 Å². The molecule has 4 atom stereocenters. The monoisotopic (exact) mass is 200 g/mol. The number of aliphatic hydroxyl groups excluding tert-OH is 2. The predicted molar refractivity (Wildman–Crippen MR) is 49.9 cm³/mol. The van der Waals surface area contributed by atoms with Gasteiger partial charge in [-0.3, -0.25) is 0 Å². The van der Waals surface area contributed by atoms with Crippen LogP contribution in [0.4, 0.5) is 0 Å². The van der Waals surface area contributed by atoms with Crippen molar-refractivity contribution in [3.8, 4) is 0 Å². The molecule has 4 nitrogen and oxygen atoms in total. The summed E-state index contributed by atoms with van der Waals surface area (Å²) in [6, 6.07) is 0. The maximum absolute atomic E-state index is 9.88. The fourth-order valence-electron chi connectivity index (χ4n) is 2.11. The lowest BCUT2D eigenvalue weighted by atomic mass is 9.83. The van der Waals surface area contributed by atoms with Crippen molar-refractivity contribution in [3.63, 3.8) is 0 Å². The molecule has 2 aliphatic heterocycles. The normalized spacial score (nSPS) is 51.9. The molecule has 2 heterocycles. The summed E-state index contributed by atoms with van der Waals surface area (Å²) in [7, 11) is 0. The van der Waals surface area contributed by atoms with Gasteiger partial charge in [0.25, 0.3) is 0 Å². The van der Waals surface area contributed by atoms with E-state index in [1.54, 1.807) is 6.08 Å². The van der Waals surface area contributed by atoms with Gasteiger partial charge in [0.1, 0.15) is 17.8 Å². The van der Waals surface area contributed by atoms with Gasteiger partial charge in [0.15, 0.2) is 0 Å². The van der Waals surface area contributed by atoms with Gasteiger partial charge in [-0.05, 0) is 6.92 Å². The van der Waals surface area contributed by atoms with Crippen LogP contribution in [-0.4, -0.2) is 46.8 Å². The molecule has 2 rings (SSSR count). The number of ether oxygens (including phenoxy) is 2. The van der Waals surface area contributed by atoms with Gasteiger partial charge in [0.05, 0.1) is 18.8 Å². The minimum Gasteiger partial charge on any atom is -0.393 e. The molecule has 2 aliphatic rings. The second-order valence-corrected chi connectivity index (χ2v) is 4.40. The second kappa shape index (κ2) is 3.03. The fourth-order valence-corrected chi connectivity index (χ4v) is 2.11. The van der Waals surface area contributed by atoms with Gasteiger partial charge in [-0.1, -0.05) is 6.08 Å². The summed E-state index contributed by atoms with van der Waals surface area (Å²) in [5.74, 6) is 0. The molecule has 0 saturated carbocycles. The molecule has 0 aromatic rings. The minimum atomic E-state index is -0.667. The van der Waals surface area contributed by atoms with Crippen LogP contribution in [-0.2, 0) is 9.47 Å².